The number of piperazine rings is 1. The van der Waals surface area contributed by atoms with Gasteiger partial charge >= 0.3 is 0 Å². The molecule has 23 heavy (non-hydrogen) atoms. The van der Waals surface area contributed by atoms with Gasteiger partial charge < -0.3 is 4.90 Å². The van der Waals surface area contributed by atoms with Crippen LogP contribution in [-0.4, -0.2) is 57.7 Å². The Morgan fingerprint density at radius 2 is 1.83 bits per heavy atom. The number of hydrogen-bond acceptors (Lipinski definition) is 3. The van der Waals surface area contributed by atoms with Gasteiger partial charge in [-0.2, -0.15) is 5.10 Å². The Hall–Kier alpha value is -2.14. The molecule has 1 aromatic heterocycles. The zero-order chi connectivity index (χ0) is 15.6. The van der Waals surface area contributed by atoms with Crippen molar-refractivity contribution in [1.82, 2.24) is 19.6 Å². The van der Waals surface area contributed by atoms with E-state index in [2.05, 4.69) is 10.00 Å². The lowest BCUT2D eigenvalue weighted by atomic mass is 10.2. The van der Waals surface area contributed by atoms with Gasteiger partial charge in [-0.05, 0) is 30.5 Å². The fourth-order valence-corrected chi connectivity index (χ4v) is 3.24. The van der Waals surface area contributed by atoms with Crippen LogP contribution in [0.5, 0.6) is 0 Å². The quantitative estimate of drug-likeness (QED) is 0.863. The standard InChI is InChI=1S/C18H22N4O/c23-18(21-10-8-20(9-11-21)16-6-7-16)12-15-13-19-22(14-15)17-4-2-1-3-5-17/h1-5,13-14,16H,6-12H2. The van der Waals surface area contributed by atoms with E-state index in [0.29, 0.717) is 6.42 Å². The molecule has 2 fully saturated rings. The number of carbonyl (C=O) groups excluding carboxylic acids is 1. The average molecular weight is 310 g/mol. The van der Waals surface area contributed by atoms with Crippen molar-refractivity contribution in [1.29, 1.82) is 0 Å². The molecule has 0 atom stereocenters. The van der Waals surface area contributed by atoms with E-state index in [4.69, 9.17) is 0 Å². The first-order valence-electron chi connectivity index (χ1n) is 8.40. The van der Waals surface area contributed by atoms with Crippen LogP contribution in [0.25, 0.3) is 5.69 Å². The van der Waals surface area contributed by atoms with Crippen molar-refractivity contribution >= 4 is 5.91 Å². The normalized spacial score (nSPS) is 19.0. The Morgan fingerprint density at radius 1 is 1.09 bits per heavy atom. The van der Waals surface area contributed by atoms with Gasteiger partial charge in [0.05, 0.1) is 18.3 Å². The largest absolute Gasteiger partial charge is 0.340 e. The maximum Gasteiger partial charge on any atom is 0.227 e. The molecule has 2 heterocycles. The third-order valence-corrected chi connectivity index (χ3v) is 4.74. The van der Waals surface area contributed by atoms with E-state index in [9.17, 15) is 4.79 Å². The van der Waals surface area contributed by atoms with Crippen LogP contribution in [0.1, 0.15) is 18.4 Å². The Labute approximate surface area is 136 Å². The molecule has 1 aliphatic carbocycles. The second kappa shape index (κ2) is 6.16. The van der Waals surface area contributed by atoms with Gasteiger partial charge in [0, 0.05) is 38.4 Å². The summed E-state index contributed by atoms with van der Waals surface area (Å²) < 4.78 is 1.83. The van der Waals surface area contributed by atoms with E-state index in [1.165, 1.54) is 12.8 Å². The maximum atomic E-state index is 12.5. The lowest BCUT2D eigenvalue weighted by Gasteiger charge is -2.34. The predicted molar refractivity (Wildman–Crippen MR) is 88.4 cm³/mol. The molecule has 2 aromatic rings. The highest BCUT2D eigenvalue weighted by Gasteiger charge is 2.32. The molecule has 120 valence electrons. The molecule has 0 N–H and O–H groups in total. The Balaban J connectivity index is 1.35. The smallest absolute Gasteiger partial charge is 0.227 e. The summed E-state index contributed by atoms with van der Waals surface area (Å²) >= 11 is 0. The minimum atomic E-state index is 0.216. The molecule has 1 aromatic carbocycles. The van der Waals surface area contributed by atoms with Crippen molar-refractivity contribution in [2.75, 3.05) is 26.2 Å². The number of amides is 1. The van der Waals surface area contributed by atoms with E-state index < -0.39 is 0 Å². The molecular weight excluding hydrogens is 288 g/mol. The van der Waals surface area contributed by atoms with Crippen LogP contribution in [-0.2, 0) is 11.2 Å². The molecule has 0 spiro atoms. The molecule has 0 radical (unpaired) electrons. The van der Waals surface area contributed by atoms with Gasteiger partial charge in [0.15, 0.2) is 0 Å². The highest BCUT2D eigenvalue weighted by Crippen LogP contribution is 2.27. The third kappa shape index (κ3) is 3.29. The van der Waals surface area contributed by atoms with Gasteiger partial charge in [0.1, 0.15) is 0 Å². The number of rotatable bonds is 4. The summed E-state index contributed by atoms with van der Waals surface area (Å²) in [5, 5.41) is 4.37. The van der Waals surface area contributed by atoms with Gasteiger partial charge in [-0.15, -0.1) is 0 Å². The first kappa shape index (κ1) is 14.5. The lowest BCUT2D eigenvalue weighted by Crippen LogP contribution is -2.49. The van der Waals surface area contributed by atoms with Gasteiger partial charge in [-0.3, -0.25) is 9.69 Å². The molecule has 1 amide bonds. The molecule has 2 aliphatic rings. The van der Waals surface area contributed by atoms with E-state index in [-0.39, 0.29) is 5.91 Å². The maximum absolute atomic E-state index is 12.5. The summed E-state index contributed by atoms with van der Waals surface area (Å²) in [7, 11) is 0. The molecule has 0 unspecified atom stereocenters. The van der Waals surface area contributed by atoms with Crippen molar-refractivity contribution in [2.45, 2.75) is 25.3 Å². The minimum Gasteiger partial charge on any atom is -0.340 e. The van der Waals surface area contributed by atoms with Crippen molar-refractivity contribution in [3.8, 4) is 5.69 Å². The number of nitrogens with zero attached hydrogens (tertiary/aromatic N) is 4. The lowest BCUT2D eigenvalue weighted by molar-refractivity contribution is -0.132. The zero-order valence-corrected chi connectivity index (χ0v) is 13.3. The number of hydrogen-bond donors (Lipinski definition) is 0. The highest BCUT2D eigenvalue weighted by atomic mass is 16.2. The van der Waals surface area contributed by atoms with Gasteiger partial charge in [0.25, 0.3) is 0 Å². The van der Waals surface area contributed by atoms with Crippen LogP contribution in [0.3, 0.4) is 0 Å². The van der Waals surface area contributed by atoms with Gasteiger partial charge in [-0.1, -0.05) is 18.2 Å². The molecule has 0 bridgehead atoms. The monoisotopic (exact) mass is 310 g/mol. The summed E-state index contributed by atoms with van der Waals surface area (Å²) in [4.78, 5) is 17.0. The molecule has 1 aliphatic heterocycles. The van der Waals surface area contributed by atoms with Crippen molar-refractivity contribution < 1.29 is 4.79 Å². The highest BCUT2D eigenvalue weighted by molar-refractivity contribution is 5.78. The van der Waals surface area contributed by atoms with Crippen LogP contribution in [0.4, 0.5) is 0 Å². The third-order valence-electron chi connectivity index (χ3n) is 4.74. The summed E-state index contributed by atoms with van der Waals surface area (Å²) in [6.45, 7) is 3.78. The van der Waals surface area contributed by atoms with E-state index in [1.807, 2.05) is 46.1 Å². The topological polar surface area (TPSA) is 41.4 Å². The zero-order valence-electron chi connectivity index (χ0n) is 13.3. The van der Waals surface area contributed by atoms with Crippen molar-refractivity contribution in [2.24, 2.45) is 0 Å². The second-order valence-corrected chi connectivity index (χ2v) is 6.45. The number of para-hydroxylation sites is 1. The summed E-state index contributed by atoms with van der Waals surface area (Å²) in [6, 6.07) is 10.8. The van der Waals surface area contributed by atoms with Gasteiger partial charge in [-0.25, -0.2) is 4.68 Å². The SMILES string of the molecule is O=C(Cc1cnn(-c2ccccc2)c1)N1CCN(C2CC2)CC1. The molecule has 4 rings (SSSR count). The predicted octanol–water partition coefficient (Wildman–Crippen LogP) is 1.72. The fraction of sp³-hybridized carbons (Fsp3) is 0.444. The van der Waals surface area contributed by atoms with Crippen molar-refractivity contribution in [3.05, 3.63) is 48.3 Å². The first-order valence-corrected chi connectivity index (χ1v) is 8.40. The van der Waals surface area contributed by atoms with Crippen molar-refractivity contribution in [3.63, 3.8) is 0 Å². The van der Waals surface area contributed by atoms with Crippen LogP contribution in [0, 0.1) is 0 Å². The van der Waals surface area contributed by atoms with Crippen LogP contribution in [0.2, 0.25) is 0 Å². The number of benzene rings is 1. The summed E-state index contributed by atoms with van der Waals surface area (Å²) in [6.07, 6.45) is 6.87. The Bertz CT molecular complexity index is 669. The van der Waals surface area contributed by atoms with Gasteiger partial charge in [0.2, 0.25) is 5.91 Å². The molecule has 5 nitrogen and oxygen atoms in total. The van der Waals surface area contributed by atoms with E-state index >= 15 is 0 Å². The van der Waals surface area contributed by atoms with Crippen LogP contribution in [0.15, 0.2) is 42.7 Å². The Kier molecular flexibility index (Phi) is 3.87. The minimum absolute atomic E-state index is 0.216. The fourth-order valence-electron chi connectivity index (χ4n) is 3.24. The number of aromatic nitrogens is 2. The first-order chi connectivity index (χ1) is 11.3. The van der Waals surface area contributed by atoms with Crippen LogP contribution < -0.4 is 0 Å². The Morgan fingerprint density at radius 3 is 2.52 bits per heavy atom. The van der Waals surface area contributed by atoms with E-state index in [1.54, 1.807) is 6.20 Å². The number of carbonyl (C=O) groups is 1. The molecule has 1 saturated heterocycles. The molecular formula is C18H22N4O. The summed E-state index contributed by atoms with van der Waals surface area (Å²) in [5.41, 5.74) is 1.99. The molecule has 1 saturated carbocycles. The summed E-state index contributed by atoms with van der Waals surface area (Å²) in [5.74, 6) is 0.216. The average Bonchev–Trinajstić information content (AvgIpc) is 3.35. The second-order valence-electron chi connectivity index (χ2n) is 6.45. The van der Waals surface area contributed by atoms with Crippen LogP contribution >= 0.6 is 0 Å². The molecule has 5 heteroatoms. The van der Waals surface area contributed by atoms with E-state index in [0.717, 1.165) is 43.5 Å².